The van der Waals surface area contributed by atoms with Gasteiger partial charge in [-0.05, 0) is 24.3 Å². The van der Waals surface area contributed by atoms with Crippen molar-refractivity contribution >= 4 is 17.6 Å². The predicted molar refractivity (Wildman–Crippen MR) is 103 cm³/mol. The summed E-state index contributed by atoms with van der Waals surface area (Å²) in [6.07, 6.45) is 1.55. The molecule has 0 saturated heterocycles. The summed E-state index contributed by atoms with van der Waals surface area (Å²) in [5, 5.41) is 16.7. The molecule has 2 N–H and O–H groups in total. The van der Waals surface area contributed by atoms with Gasteiger partial charge in [0.2, 0.25) is 5.91 Å². The molecule has 0 fully saturated rings. The van der Waals surface area contributed by atoms with Gasteiger partial charge in [0.1, 0.15) is 5.56 Å². The van der Waals surface area contributed by atoms with Crippen molar-refractivity contribution in [2.24, 2.45) is 5.41 Å². The topological polar surface area (TPSA) is 84.2 Å². The van der Waals surface area contributed by atoms with Crippen molar-refractivity contribution in [2.45, 2.75) is 20.3 Å². The molecule has 1 aromatic heterocycles. The van der Waals surface area contributed by atoms with Crippen molar-refractivity contribution < 1.29 is 14.7 Å². The molecular weight excluding hydrogens is 342 g/mol. The summed E-state index contributed by atoms with van der Waals surface area (Å²) in [6, 6.07) is 18.5. The zero-order valence-corrected chi connectivity index (χ0v) is 15.2. The van der Waals surface area contributed by atoms with E-state index in [0.717, 1.165) is 5.69 Å². The van der Waals surface area contributed by atoms with Crippen molar-refractivity contribution in [3.63, 3.8) is 0 Å². The minimum atomic E-state index is -1.06. The standard InChI is InChI=1S/C21H21N3O3/c1-21(2,20(27)23-15-9-5-3-6-10-15)13-18-17(19(25)26)14-22-24(18)16-11-7-4-8-12-16/h3-12,14H,13H2,1-2H3,(H,23,27)(H,25,26). The first-order chi connectivity index (χ1) is 12.9. The van der Waals surface area contributed by atoms with Gasteiger partial charge in [0.05, 0.1) is 17.6 Å². The molecule has 0 radical (unpaired) electrons. The molecule has 0 aliphatic rings. The molecule has 2 aromatic carbocycles. The molecule has 1 heterocycles. The van der Waals surface area contributed by atoms with E-state index >= 15 is 0 Å². The third-order valence-corrected chi connectivity index (χ3v) is 4.36. The van der Waals surface area contributed by atoms with E-state index < -0.39 is 11.4 Å². The number of para-hydroxylation sites is 2. The first-order valence-electron chi connectivity index (χ1n) is 8.60. The molecule has 138 valence electrons. The van der Waals surface area contributed by atoms with Crippen LogP contribution in [0.15, 0.2) is 66.9 Å². The minimum absolute atomic E-state index is 0.0967. The molecule has 0 bridgehead atoms. The number of hydrogen-bond acceptors (Lipinski definition) is 3. The van der Waals surface area contributed by atoms with Crippen molar-refractivity contribution in [3.8, 4) is 5.69 Å². The van der Waals surface area contributed by atoms with E-state index in [2.05, 4.69) is 10.4 Å². The fraction of sp³-hybridized carbons (Fsp3) is 0.190. The summed E-state index contributed by atoms with van der Waals surface area (Å²) in [5.74, 6) is -1.25. The number of amides is 1. The fourth-order valence-electron chi connectivity index (χ4n) is 2.83. The zero-order chi connectivity index (χ0) is 19.4. The van der Waals surface area contributed by atoms with E-state index in [-0.39, 0.29) is 17.9 Å². The van der Waals surface area contributed by atoms with Gasteiger partial charge in [0, 0.05) is 17.5 Å². The van der Waals surface area contributed by atoms with Crippen LogP contribution in [0.5, 0.6) is 0 Å². The van der Waals surface area contributed by atoms with Crippen LogP contribution < -0.4 is 5.32 Å². The molecule has 0 spiro atoms. The lowest BCUT2D eigenvalue weighted by molar-refractivity contribution is -0.124. The highest BCUT2D eigenvalue weighted by Crippen LogP contribution is 2.27. The first-order valence-corrected chi connectivity index (χ1v) is 8.60. The quantitative estimate of drug-likeness (QED) is 0.698. The number of carboxylic acid groups (broad SMARTS) is 1. The molecule has 6 nitrogen and oxygen atoms in total. The first kappa shape index (κ1) is 18.4. The number of carbonyl (C=O) groups is 2. The van der Waals surface area contributed by atoms with Crippen molar-refractivity contribution in [1.29, 1.82) is 0 Å². The Morgan fingerprint density at radius 2 is 1.63 bits per heavy atom. The molecule has 3 aromatic rings. The van der Waals surface area contributed by atoms with E-state index in [1.807, 2.05) is 60.7 Å². The number of rotatable bonds is 6. The van der Waals surface area contributed by atoms with Crippen LogP contribution in [0.1, 0.15) is 29.9 Å². The highest BCUT2D eigenvalue weighted by atomic mass is 16.4. The Labute approximate surface area is 157 Å². The maximum atomic E-state index is 12.8. The van der Waals surface area contributed by atoms with Gasteiger partial charge in [-0.15, -0.1) is 0 Å². The van der Waals surface area contributed by atoms with Crippen molar-refractivity contribution in [2.75, 3.05) is 5.32 Å². The van der Waals surface area contributed by atoms with E-state index in [0.29, 0.717) is 11.4 Å². The predicted octanol–water partition coefficient (Wildman–Crippen LogP) is 3.78. The van der Waals surface area contributed by atoms with E-state index in [1.165, 1.54) is 6.20 Å². The summed E-state index contributed by atoms with van der Waals surface area (Å²) in [4.78, 5) is 24.5. The second kappa shape index (κ2) is 7.45. The van der Waals surface area contributed by atoms with Gasteiger partial charge in [-0.25, -0.2) is 9.48 Å². The van der Waals surface area contributed by atoms with Gasteiger partial charge >= 0.3 is 5.97 Å². The Kier molecular flexibility index (Phi) is 5.07. The van der Waals surface area contributed by atoms with E-state index in [4.69, 9.17) is 0 Å². The maximum Gasteiger partial charge on any atom is 0.339 e. The number of hydrogen-bond donors (Lipinski definition) is 2. The summed E-state index contributed by atoms with van der Waals surface area (Å²) in [7, 11) is 0. The summed E-state index contributed by atoms with van der Waals surface area (Å²) in [5.41, 5.74) is 1.19. The number of aromatic carboxylic acids is 1. The third kappa shape index (κ3) is 4.06. The molecule has 1 amide bonds. The van der Waals surface area contributed by atoms with Crippen LogP contribution in [0.2, 0.25) is 0 Å². The summed E-state index contributed by atoms with van der Waals surface area (Å²) >= 11 is 0. The highest BCUT2D eigenvalue weighted by molar-refractivity contribution is 5.95. The van der Waals surface area contributed by atoms with Gasteiger partial charge in [0.25, 0.3) is 0 Å². The third-order valence-electron chi connectivity index (χ3n) is 4.36. The lowest BCUT2D eigenvalue weighted by Gasteiger charge is -2.24. The smallest absolute Gasteiger partial charge is 0.339 e. The van der Waals surface area contributed by atoms with Crippen LogP contribution in [-0.4, -0.2) is 26.8 Å². The lowest BCUT2D eigenvalue weighted by Crippen LogP contribution is -2.34. The SMILES string of the molecule is CC(C)(Cc1c(C(=O)O)cnn1-c1ccccc1)C(=O)Nc1ccccc1. The normalized spacial score (nSPS) is 11.2. The second-order valence-electron chi connectivity index (χ2n) is 6.94. The number of anilines is 1. The van der Waals surface area contributed by atoms with Crippen LogP contribution in [0, 0.1) is 5.41 Å². The van der Waals surface area contributed by atoms with Crippen LogP contribution in [-0.2, 0) is 11.2 Å². The number of carboxylic acids is 1. The molecule has 0 aliphatic carbocycles. The van der Waals surface area contributed by atoms with E-state index in [1.54, 1.807) is 18.5 Å². The number of nitrogens with zero attached hydrogens (tertiary/aromatic N) is 2. The van der Waals surface area contributed by atoms with Gasteiger partial charge in [0.15, 0.2) is 0 Å². The van der Waals surface area contributed by atoms with Crippen LogP contribution >= 0.6 is 0 Å². The molecule has 0 aliphatic heterocycles. The van der Waals surface area contributed by atoms with Gasteiger partial charge in [-0.3, -0.25) is 4.79 Å². The Morgan fingerprint density at radius 1 is 1.04 bits per heavy atom. The molecule has 3 rings (SSSR count). The average molecular weight is 363 g/mol. The zero-order valence-electron chi connectivity index (χ0n) is 15.2. The van der Waals surface area contributed by atoms with Crippen molar-refractivity contribution in [3.05, 3.63) is 78.1 Å². The van der Waals surface area contributed by atoms with Crippen LogP contribution in [0.3, 0.4) is 0 Å². The number of benzene rings is 2. The minimum Gasteiger partial charge on any atom is -0.478 e. The Hall–Kier alpha value is -3.41. The molecule has 27 heavy (non-hydrogen) atoms. The number of carbonyl (C=O) groups excluding carboxylic acids is 1. The number of aromatic nitrogens is 2. The van der Waals surface area contributed by atoms with Gasteiger partial charge in [-0.1, -0.05) is 50.2 Å². The molecule has 6 heteroatoms. The second-order valence-corrected chi connectivity index (χ2v) is 6.94. The Morgan fingerprint density at radius 3 is 2.22 bits per heavy atom. The number of nitrogens with one attached hydrogen (secondary N) is 1. The average Bonchev–Trinajstić information content (AvgIpc) is 3.06. The van der Waals surface area contributed by atoms with E-state index in [9.17, 15) is 14.7 Å². The van der Waals surface area contributed by atoms with Crippen molar-refractivity contribution in [1.82, 2.24) is 9.78 Å². The molecule has 0 unspecified atom stereocenters. The molecule has 0 atom stereocenters. The fourth-order valence-corrected chi connectivity index (χ4v) is 2.83. The van der Waals surface area contributed by atoms with Gasteiger partial charge < -0.3 is 10.4 Å². The monoisotopic (exact) mass is 363 g/mol. The Balaban J connectivity index is 1.92. The Bertz CT molecular complexity index is 947. The lowest BCUT2D eigenvalue weighted by atomic mass is 9.85. The van der Waals surface area contributed by atoms with Crippen LogP contribution in [0.4, 0.5) is 5.69 Å². The molecular formula is C21H21N3O3. The maximum absolute atomic E-state index is 12.8. The van der Waals surface area contributed by atoms with Gasteiger partial charge in [-0.2, -0.15) is 5.10 Å². The summed E-state index contributed by atoms with van der Waals surface area (Å²) in [6.45, 7) is 3.58. The highest BCUT2D eigenvalue weighted by Gasteiger charge is 2.32. The largest absolute Gasteiger partial charge is 0.478 e. The van der Waals surface area contributed by atoms with Crippen LogP contribution in [0.25, 0.3) is 5.69 Å². The summed E-state index contributed by atoms with van der Waals surface area (Å²) < 4.78 is 1.58. The molecule has 0 saturated carbocycles.